The molecule has 0 unspecified atom stereocenters. The summed E-state index contributed by atoms with van der Waals surface area (Å²) in [6.07, 6.45) is 0. The van der Waals surface area contributed by atoms with Gasteiger partial charge in [0.2, 0.25) is 0 Å². The van der Waals surface area contributed by atoms with Gasteiger partial charge in [-0.05, 0) is 36.8 Å². The molecule has 0 amide bonds. The first kappa shape index (κ1) is 25.7. The van der Waals surface area contributed by atoms with Crippen molar-refractivity contribution in [2.24, 2.45) is 0 Å². The number of aryl methyl sites for hydroxylation is 1. The third-order valence-electron chi connectivity index (χ3n) is 4.63. The van der Waals surface area contributed by atoms with Crippen molar-refractivity contribution in [1.82, 2.24) is 5.32 Å². The Balaban J connectivity index is 0.00000363. The normalized spacial score (nSPS) is 10.3. The molecule has 3 rings (SSSR count). The van der Waals surface area contributed by atoms with E-state index in [0.717, 1.165) is 16.9 Å². The lowest BCUT2D eigenvalue weighted by atomic mass is 10.1. The van der Waals surface area contributed by atoms with Gasteiger partial charge >= 0.3 is 0 Å². The van der Waals surface area contributed by atoms with Gasteiger partial charge in [0.05, 0.1) is 15.6 Å². The van der Waals surface area contributed by atoms with Gasteiger partial charge in [-0.2, -0.15) is 0 Å². The number of benzene rings is 3. The van der Waals surface area contributed by atoms with Crippen molar-refractivity contribution < 1.29 is 9.66 Å². The lowest BCUT2D eigenvalue weighted by Crippen LogP contribution is -2.22. The molecule has 2 N–H and O–H groups in total. The van der Waals surface area contributed by atoms with Crippen LogP contribution in [0.4, 0.5) is 11.4 Å². The Kier molecular flexibility index (Phi) is 10.1. The van der Waals surface area contributed by atoms with Gasteiger partial charge < -0.3 is 15.4 Å². The van der Waals surface area contributed by atoms with Crippen LogP contribution in [0.25, 0.3) is 0 Å². The number of nitrogens with zero attached hydrogens (tertiary/aromatic N) is 1. The predicted molar refractivity (Wildman–Crippen MR) is 133 cm³/mol. The molecule has 32 heavy (non-hydrogen) atoms. The van der Waals surface area contributed by atoms with E-state index in [-0.39, 0.29) is 18.1 Å². The minimum atomic E-state index is -0.472. The highest BCUT2D eigenvalue weighted by Gasteiger charge is 2.09. The Morgan fingerprint density at radius 1 is 1.00 bits per heavy atom. The molecule has 0 aliphatic heterocycles. The Morgan fingerprint density at radius 3 is 2.44 bits per heavy atom. The van der Waals surface area contributed by atoms with E-state index in [2.05, 4.69) is 41.8 Å². The van der Waals surface area contributed by atoms with Crippen LogP contribution in [-0.4, -0.2) is 18.0 Å². The zero-order valence-corrected chi connectivity index (χ0v) is 19.8. The summed E-state index contributed by atoms with van der Waals surface area (Å²) in [4.78, 5) is 10.3. The van der Waals surface area contributed by atoms with Crippen molar-refractivity contribution in [2.75, 3.05) is 18.4 Å². The van der Waals surface area contributed by atoms with Crippen LogP contribution in [-0.2, 0) is 13.2 Å². The summed E-state index contributed by atoms with van der Waals surface area (Å²) in [6, 6.07) is 18.2. The molecule has 170 valence electrons. The van der Waals surface area contributed by atoms with Crippen LogP contribution in [0.5, 0.6) is 5.75 Å². The van der Waals surface area contributed by atoms with E-state index in [1.807, 2.05) is 18.2 Å². The van der Waals surface area contributed by atoms with Crippen molar-refractivity contribution in [1.29, 1.82) is 0 Å². The van der Waals surface area contributed by atoms with Crippen molar-refractivity contribution in [2.45, 2.75) is 20.1 Å². The number of hydrogen-bond donors (Lipinski definition) is 2. The molecule has 0 heterocycles. The molecule has 0 aliphatic rings. The Bertz CT molecular complexity index is 1050. The second-order valence-corrected chi connectivity index (χ2v) is 7.89. The van der Waals surface area contributed by atoms with Crippen LogP contribution < -0.4 is 15.4 Å². The number of hydrogen-bond acceptors (Lipinski definition) is 5. The van der Waals surface area contributed by atoms with Crippen LogP contribution in [0.15, 0.2) is 60.7 Å². The molecule has 0 spiro atoms. The third-order valence-corrected chi connectivity index (χ3v) is 5.18. The first-order valence-corrected chi connectivity index (χ1v) is 10.5. The fourth-order valence-corrected chi connectivity index (χ4v) is 3.38. The zero-order valence-electron chi connectivity index (χ0n) is 17.4. The number of nitro groups is 1. The highest BCUT2D eigenvalue weighted by atomic mass is 35.5. The largest absolute Gasteiger partial charge is 0.489 e. The van der Waals surface area contributed by atoms with Crippen LogP contribution >= 0.6 is 35.6 Å². The smallest absolute Gasteiger partial charge is 0.271 e. The molecular formula is C23H24Cl3N3O3. The summed E-state index contributed by atoms with van der Waals surface area (Å²) < 4.78 is 6.00. The molecular weight excluding hydrogens is 473 g/mol. The van der Waals surface area contributed by atoms with E-state index in [1.54, 1.807) is 6.07 Å². The quantitative estimate of drug-likeness (QED) is 0.193. The minimum absolute atomic E-state index is 0. The summed E-state index contributed by atoms with van der Waals surface area (Å²) in [7, 11) is 0. The van der Waals surface area contributed by atoms with Crippen molar-refractivity contribution in [3.8, 4) is 5.75 Å². The fourth-order valence-electron chi connectivity index (χ4n) is 2.94. The van der Waals surface area contributed by atoms with Crippen LogP contribution in [0.3, 0.4) is 0 Å². The molecule has 0 saturated heterocycles. The van der Waals surface area contributed by atoms with E-state index in [4.69, 9.17) is 27.9 Å². The third kappa shape index (κ3) is 7.57. The van der Waals surface area contributed by atoms with Gasteiger partial charge in [0.25, 0.3) is 5.69 Å². The highest BCUT2D eigenvalue weighted by molar-refractivity contribution is 6.33. The second kappa shape index (κ2) is 12.5. The molecule has 9 heteroatoms. The molecule has 0 aliphatic carbocycles. The van der Waals surface area contributed by atoms with Crippen LogP contribution in [0.2, 0.25) is 10.0 Å². The number of rotatable bonds is 10. The fraction of sp³-hybridized carbons (Fsp3) is 0.217. The summed E-state index contributed by atoms with van der Waals surface area (Å²) in [5, 5.41) is 18.3. The molecule has 0 radical (unpaired) electrons. The van der Waals surface area contributed by atoms with E-state index in [0.29, 0.717) is 42.0 Å². The van der Waals surface area contributed by atoms with Crippen LogP contribution in [0.1, 0.15) is 16.7 Å². The minimum Gasteiger partial charge on any atom is -0.489 e. The SMILES string of the molecule is Cc1ccc(COc2ccc(Cl)cc2CNCCNc2ccc([N+](=O)[O-])cc2Cl)cc1.Cl. The lowest BCUT2D eigenvalue weighted by Gasteiger charge is -2.14. The van der Waals surface area contributed by atoms with Gasteiger partial charge in [-0.1, -0.05) is 53.0 Å². The maximum absolute atomic E-state index is 10.8. The highest BCUT2D eigenvalue weighted by Crippen LogP contribution is 2.26. The van der Waals surface area contributed by atoms with Crippen molar-refractivity contribution in [3.05, 3.63) is 97.5 Å². The van der Waals surface area contributed by atoms with Crippen LogP contribution in [0, 0.1) is 17.0 Å². The summed E-state index contributed by atoms with van der Waals surface area (Å²) in [6.45, 7) is 4.36. The monoisotopic (exact) mass is 495 g/mol. The van der Waals surface area contributed by atoms with E-state index in [1.165, 1.54) is 17.7 Å². The molecule has 6 nitrogen and oxygen atoms in total. The summed E-state index contributed by atoms with van der Waals surface area (Å²) in [5.41, 5.74) is 3.90. The Hall–Kier alpha value is -2.51. The van der Waals surface area contributed by atoms with Crippen molar-refractivity contribution >= 4 is 47.0 Å². The Morgan fingerprint density at radius 2 is 1.75 bits per heavy atom. The van der Waals surface area contributed by atoms with E-state index < -0.39 is 4.92 Å². The van der Waals surface area contributed by atoms with Gasteiger partial charge in [0, 0.05) is 42.4 Å². The van der Waals surface area contributed by atoms with E-state index >= 15 is 0 Å². The summed E-state index contributed by atoms with van der Waals surface area (Å²) >= 11 is 12.3. The maximum Gasteiger partial charge on any atom is 0.271 e. The number of non-ortho nitro benzene ring substituents is 1. The number of ether oxygens (including phenoxy) is 1. The van der Waals surface area contributed by atoms with Gasteiger partial charge in [-0.25, -0.2) is 0 Å². The molecule has 3 aromatic carbocycles. The maximum atomic E-state index is 10.8. The molecule has 0 bridgehead atoms. The van der Waals surface area contributed by atoms with Gasteiger partial charge in [0.1, 0.15) is 12.4 Å². The number of halogens is 3. The number of nitrogens with one attached hydrogen (secondary N) is 2. The van der Waals surface area contributed by atoms with Gasteiger partial charge in [-0.15, -0.1) is 12.4 Å². The molecule has 3 aromatic rings. The van der Waals surface area contributed by atoms with E-state index in [9.17, 15) is 10.1 Å². The first-order chi connectivity index (χ1) is 14.9. The van der Waals surface area contributed by atoms with Gasteiger partial charge in [0.15, 0.2) is 0 Å². The van der Waals surface area contributed by atoms with Crippen molar-refractivity contribution in [3.63, 3.8) is 0 Å². The average Bonchev–Trinajstić information content (AvgIpc) is 2.75. The first-order valence-electron chi connectivity index (χ1n) is 9.77. The second-order valence-electron chi connectivity index (χ2n) is 7.05. The predicted octanol–water partition coefficient (Wildman–Crippen LogP) is 6.41. The summed E-state index contributed by atoms with van der Waals surface area (Å²) in [5.74, 6) is 0.781. The molecule has 0 aromatic heterocycles. The Labute approximate surface area is 203 Å². The zero-order chi connectivity index (χ0) is 22.2. The molecule has 0 saturated carbocycles. The van der Waals surface area contributed by atoms with Gasteiger partial charge in [-0.3, -0.25) is 10.1 Å². The topological polar surface area (TPSA) is 76.4 Å². The lowest BCUT2D eigenvalue weighted by molar-refractivity contribution is -0.384. The molecule has 0 atom stereocenters. The molecule has 0 fully saturated rings. The number of nitro benzene ring substituents is 1. The number of anilines is 1. The standard InChI is InChI=1S/C23H23Cl2N3O3.ClH/c1-16-2-4-17(5-3-16)15-31-23-9-6-19(24)12-18(23)14-26-10-11-27-22-8-7-20(28(29)30)13-21(22)25;/h2-9,12-13,26-27H,10-11,14-15H2,1H3;1H. The average molecular weight is 497 g/mol.